The first-order chi connectivity index (χ1) is 11.4. The highest BCUT2D eigenvalue weighted by atomic mass is 32.1. The van der Waals surface area contributed by atoms with Crippen LogP contribution in [0.4, 0.5) is 5.95 Å². The van der Waals surface area contributed by atoms with E-state index in [0.29, 0.717) is 5.95 Å². The predicted octanol–water partition coefficient (Wildman–Crippen LogP) is 3.74. The van der Waals surface area contributed by atoms with E-state index in [1.165, 1.54) is 10.1 Å². The lowest BCUT2D eigenvalue weighted by atomic mass is 10.2. The highest BCUT2D eigenvalue weighted by molar-refractivity contribution is 7.22. The van der Waals surface area contributed by atoms with E-state index >= 15 is 0 Å². The lowest BCUT2D eigenvalue weighted by Gasteiger charge is -2.04. The van der Waals surface area contributed by atoms with Gasteiger partial charge >= 0.3 is 0 Å². The number of aromatic amines is 1. The van der Waals surface area contributed by atoms with Crippen LogP contribution in [0.5, 0.6) is 0 Å². The lowest BCUT2D eigenvalue weighted by Crippen LogP contribution is -2.08. The van der Waals surface area contributed by atoms with E-state index in [0.717, 1.165) is 29.2 Å². The third-order valence-electron chi connectivity index (χ3n) is 3.55. The van der Waals surface area contributed by atoms with Crippen LogP contribution in [-0.2, 0) is 6.42 Å². The second-order valence-corrected chi connectivity index (χ2v) is 6.24. The Kier molecular flexibility index (Phi) is 3.73. The van der Waals surface area contributed by atoms with Crippen molar-refractivity contribution in [1.82, 2.24) is 19.9 Å². The maximum absolute atomic E-state index is 4.62. The molecule has 0 saturated carbocycles. The average molecular weight is 321 g/mol. The predicted molar refractivity (Wildman–Crippen MR) is 93.6 cm³/mol. The Morgan fingerprint density at radius 2 is 2.09 bits per heavy atom. The number of nitrogens with zero attached hydrogens (tertiary/aromatic N) is 3. The summed E-state index contributed by atoms with van der Waals surface area (Å²) in [6.07, 6.45) is 6.22. The number of H-pyrrole nitrogens is 1. The maximum atomic E-state index is 4.62. The summed E-state index contributed by atoms with van der Waals surface area (Å²) in [6.45, 7) is 0.751. The molecule has 0 aliphatic carbocycles. The molecule has 0 radical (unpaired) electrons. The standard InChI is InChI=1S/C17H15N5S/c1-2-4-15-12(3-1)9-16(23-15)14-6-8-20-17(22-14)19-7-5-13-10-18-11-21-13/h1-4,6,8-11H,5,7H2,(H,18,21)(H,19,20,22). The summed E-state index contributed by atoms with van der Waals surface area (Å²) in [7, 11) is 0. The summed E-state index contributed by atoms with van der Waals surface area (Å²) >= 11 is 1.75. The minimum Gasteiger partial charge on any atom is -0.354 e. The first-order valence-corrected chi connectivity index (χ1v) is 8.24. The van der Waals surface area contributed by atoms with Gasteiger partial charge in [-0.2, -0.15) is 0 Å². The molecule has 0 unspecified atom stereocenters. The van der Waals surface area contributed by atoms with Crippen molar-refractivity contribution in [3.63, 3.8) is 0 Å². The quantitative estimate of drug-likeness (QED) is 0.588. The van der Waals surface area contributed by atoms with Gasteiger partial charge in [0.05, 0.1) is 22.6 Å². The Morgan fingerprint density at radius 1 is 1.13 bits per heavy atom. The summed E-state index contributed by atoms with van der Waals surface area (Å²) in [5.41, 5.74) is 1.97. The molecule has 4 rings (SSSR count). The fraction of sp³-hybridized carbons (Fsp3) is 0.118. The Bertz CT molecular complexity index is 881. The zero-order valence-corrected chi connectivity index (χ0v) is 13.2. The molecule has 0 saturated heterocycles. The van der Waals surface area contributed by atoms with Gasteiger partial charge in [-0.1, -0.05) is 18.2 Å². The minimum atomic E-state index is 0.649. The van der Waals surface area contributed by atoms with Crippen molar-refractivity contribution in [2.75, 3.05) is 11.9 Å². The summed E-state index contributed by atoms with van der Waals surface area (Å²) in [5.74, 6) is 0.649. The topological polar surface area (TPSA) is 66.5 Å². The average Bonchev–Trinajstić information content (AvgIpc) is 3.24. The van der Waals surface area contributed by atoms with E-state index in [1.807, 2.05) is 12.3 Å². The van der Waals surface area contributed by atoms with E-state index in [4.69, 9.17) is 0 Å². The van der Waals surface area contributed by atoms with Crippen molar-refractivity contribution >= 4 is 27.4 Å². The second-order valence-electron chi connectivity index (χ2n) is 5.15. The highest BCUT2D eigenvalue weighted by Crippen LogP contribution is 2.32. The van der Waals surface area contributed by atoms with E-state index in [9.17, 15) is 0 Å². The molecule has 114 valence electrons. The van der Waals surface area contributed by atoms with Crippen molar-refractivity contribution in [2.24, 2.45) is 0 Å². The fourth-order valence-corrected chi connectivity index (χ4v) is 3.45. The number of fused-ring (bicyclic) bond motifs is 1. The van der Waals surface area contributed by atoms with E-state index in [2.05, 4.69) is 55.6 Å². The maximum Gasteiger partial charge on any atom is 0.223 e. The van der Waals surface area contributed by atoms with Gasteiger partial charge < -0.3 is 10.3 Å². The van der Waals surface area contributed by atoms with Crippen LogP contribution >= 0.6 is 11.3 Å². The lowest BCUT2D eigenvalue weighted by molar-refractivity contribution is 0.954. The van der Waals surface area contributed by atoms with Gasteiger partial charge in [-0.05, 0) is 23.6 Å². The number of anilines is 1. The Hall–Kier alpha value is -2.73. The van der Waals surface area contributed by atoms with Gasteiger partial charge in [0.25, 0.3) is 0 Å². The number of aromatic nitrogens is 4. The number of hydrogen-bond donors (Lipinski definition) is 2. The summed E-state index contributed by atoms with van der Waals surface area (Å²) < 4.78 is 1.27. The zero-order chi connectivity index (χ0) is 15.5. The molecule has 0 aliphatic heterocycles. The molecule has 0 spiro atoms. The second kappa shape index (κ2) is 6.18. The number of nitrogens with one attached hydrogen (secondary N) is 2. The van der Waals surface area contributed by atoms with Crippen molar-refractivity contribution < 1.29 is 0 Å². The monoisotopic (exact) mass is 321 g/mol. The van der Waals surface area contributed by atoms with Crippen LogP contribution in [0.25, 0.3) is 20.7 Å². The van der Waals surface area contributed by atoms with Gasteiger partial charge in [0.2, 0.25) is 5.95 Å². The zero-order valence-electron chi connectivity index (χ0n) is 12.4. The molecule has 0 amide bonds. The molecule has 5 nitrogen and oxygen atoms in total. The van der Waals surface area contributed by atoms with Gasteiger partial charge in [0.15, 0.2) is 0 Å². The Balaban J connectivity index is 1.51. The van der Waals surface area contributed by atoms with Crippen LogP contribution in [0.15, 0.2) is 55.1 Å². The summed E-state index contributed by atoms with van der Waals surface area (Å²) in [5, 5.41) is 4.50. The van der Waals surface area contributed by atoms with Crippen molar-refractivity contribution in [3.05, 3.63) is 60.8 Å². The van der Waals surface area contributed by atoms with Crippen LogP contribution in [-0.4, -0.2) is 26.5 Å². The normalized spacial score (nSPS) is 11.0. The molecule has 4 aromatic rings. The van der Waals surface area contributed by atoms with Gasteiger partial charge in [-0.3, -0.25) is 0 Å². The number of rotatable bonds is 5. The molecule has 23 heavy (non-hydrogen) atoms. The number of thiophene rings is 1. The highest BCUT2D eigenvalue weighted by Gasteiger charge is 2.06. The molecule has 0 atom stereocenters. The molecular formula is C17H15N5S. The van der Waals surface area contributed by atoms with Crippen molar-refractivity contribution in [1.29, 1.82) is 0 Å². The molecule has 0 bridgehead atoms. The Labute approximate surface area is 137 Å². The van der Waals surface area contributed by atoms with Crippen LogP contribution in [0.2, 0.25) is 0 Å². The molecule has 3 aromatic heterocycles. The van der Waals surface area contributed by atoms with Gasteiger partial charge in [0.1, 0.15) is 0 Å². The van der Waals surface area contributed by atoms with Crippen LogP contribution in [0.3, 0.4) is 0 Å². The fourth-order valence-electron chi connectivity index (χ4n) is 2.42. The molecule has 0 fully saturated rings. The van der Waals surface area contributed by atoms with E-state index in [-0.39, 0.29) is 0 Å². The van der Waals surface area contributed by atoms with E-state index in [1.54, 1.807) is 23.9 Å². The first kappa shape index (κ1) is 13.9. The molecule has 3 heterocycles. The number of imidazole rings is 1. The SMILES string of the molecule is c1ccc2sc(-c3ccnc(NCCc4c[nH]cn4)n3)cc2c1. The summed E-state index contributed by atoms with van der Waals surface area (Å²) in [4.78, 5) is 17.2. The minimum absolute atomic E-state index is 0.649. The van der Waals surface area contributed by atoms with Gasteiger partial charge in [-0.25, -0.2) is 15.0 Å². The number of hydrogen-bond acceptors (Lipinski definition) is 5. The van der Waals surface area contributed by atoms with Crippen LogP contribution < -0.4 is 5.32 Å². The first-order valence-electron chi connectivity index (χ1n) is 7.42. The van der Waals surface area contributed by atoms with Crippen molar-refractivity contribution in [3.8, 4) is 10.6 Å². The molecular weight excluding hydrogens is 306 g/mol. The van der Waals surface area contributed by atoms with Gasteiger partial charge in [0, 0.05) is 30.1 Å². The van der Waals surface area contributed by atoms with Crippen molar-refractivity contribution in [2.45, 2.75) is 6.42 Å². The van der Waals surface area contributed by atoms with E-state index < -0.39 is 0 Å². The third kappa shape index (κ3) is 3.07. The largest absolute Gasteiger partial charge is 0.354 e. The third-order valence-corrected chi connectivity index (χ3v) is 4.69. The van der Waals surface area contributed by atoms with Crippen LogP contribution in [0.1, 0.15) is 5.69 Å². The summed E-state index contributed by atoms with van der Waals surface area (Å²) in [6, 6.07) is 12.5. The number of benzene rings is 1. The molecule has 1 aromatic carbocycles. The molecule has 0 aliphatic rings. The van der Waals surface area contributed by atoms with Crippen LogP contribution in [0, 0.1) is 0 Å². The smallest absolute Gasteiger partial charge is 0.223 e. The van der Waals surface area contributed by atoms with Gasteiger partial charge in [-0.15, -0.1) is 11.3 Å². The Morgan fingerprint density at radius 3 is 2.96 bits per heavy atom. The molecule has 6 heteroatoms. The molecule has 2 N–H and O–H groups in total.